The monoisotopic (exact) mass is 504 g/mol. The number of esters is 1. The zero-order chi connectivity index (χ0) is 25.1. The molecule has 204 valence electrons. The Morgan fingerprint density at radius 3 is 2.50 bits per heavy atom. The second-order valence-electron chi connectivity index (χ2n) is 13.5. The molecule has 6 nitrogen and oxygen atoms in total. The summed E-state index contributed by atoms with van der Waals surface area (Å²) in [6.07, 6.45) is 14.8. The van der Waals surface area contributed by atoms with Crippen LogP contribution in [0.3, 0.4) is 0 Å². The summed E-state index contributed by atoms with van der Waals surface area (Å²) < 4.78 is 30.6. The van der Waals surface area contributed by atoms with Crippen LogP contribution < -0.4 is 0 Å². The van der Waals surface area contributed by atoms with Crippen LogP contribution in [-0.4, -0.2) is 51.1 Å². The van der Waals surface area contributed by atoms with E-state index < -0.39 is 0 Å². The Morgan fingerprint density at radius 1 is 0.917 bits per heavy atom. The lowest BCUT2D eigenvalue weighted by Gasteiger charge is -2.67. The van der Waals surface area contributed by atoms with E-state index >= 15 is 0 Å². The van der Waals surface area contributed by atoms with Gasteiger partial charge in [-0.15, -0.1) is 0 Å². The van der Waals surface area contributed by atoms with Crippen LogP contribution >= 0.6 is 0 Å². The van der Waals surface area contributed by atoms with Crippen molar-refractivity contribution >= 4 is 5.97 Å². The first-order chi connectivity index (χ1) is 17.3. The predicted octanol–water partition coefficient (Wildman–Crippen LogP) is 5.86. The fourth-order valence-corrected chi connectivity index (χ4v) is 10.5. The summed E-state index contributed by atoms with van der Waals surface area (Å²) in [7, 11) is 3.24. The van der Waals surface area contributed by atoms with E-state index in [-0.39, 0.29) is 35.5 Å². The average Bonchev–Trinajstić information content (AvgIpc) is 3.08. The van der Waals surface area contributed by atoms with Crippen molar-refractivity contribution in [2.24, 2.45) is 40.4 Å². The van der Waals surface area contributed by atoms with E-state index in [2.05, 4.69) is 13.8 Å². The Kier molecular flexibility index (Phi) is 6.75. The molecule has 6 aliphatic rings. The molecule has 0 aromatic rings. The molecule has 2 saturated heterocycles. The van der Waals surface area contributed by atoms with E-state index in [0.29, 0.717) is 35.7 Å². The van der Waals surface area contributed by atoms with Crippen molar-refractivity contribution in [2.45, 2.75) is 122 Å². The third kappa shape index (κ3) is 3.75. The van der Waals surface area contributed by atoms with Crippen LogP contribution in [0.1, 0.15) is 97.3 Å². The number of hydrogen-bond donors (Lipinski definition) is 0. The van der Waals surface area contributed by atoms with Gasteiger partial charge in [0.1, 0.15) is 0 Å². The van der Waals surface area contributed by atoms with Crippen molar-refractivity contribution in [1.29, 1.82) is 0 Å². The van der Waals surface area contributed by atoms with Crippen LogP contribution in [0.4, 0.5) is 0 Å². The average molecular weight is 505 g/mol. The van der Waals surface area contributed by atoms with Gasteiger partial charge in [0.05, 0.1) is 25.2 Å². The van der Waals surface area contributed by atoms with Gasteiger partial charge < -0.3 is 23.7 Å². The Balaban J connectivity index is 1.21. The van der Waals surface area contributed by atoms with Gasteiger partial charge in [-0.25, -0.2) is 0 Å². The minimum absolute atomic E-state index is 0.0219. The maximum Gasteiger partial charge on any atom is 0.305 e. The molecule has 4 saturated carbocycles. The summed E-state index contributed by atoms with van der Waals surface area (Å²) in [6.45, 7) is 5.94. The lowest BCUT2D eigenvalue weighted by molar-refractivity contribution is -0.338. The number of fused-ring (bicyclic) bond motifs is 3. The maximum atomic E-state index is 12.3. The fourth-order valence-electron chi connectivity index (χ4n) is 10.5. The highest BCUT2D eigenvalue weighted by atomic mass is 16.7. The molecule has 6 rings (SSSR count). The standard InChI is InChI=1S/C30H48O6/c1-28-13-10-20(35-26-7-5-6-16-34-26)17-19(28)8-9-24-23(28)11-14-29(2)22-12-15-30(24,29)36-27(33-4)21(22)18-25(31)32-3/h19-24,26-27H,5-18H2,1-4H3/t19-,20-,21+,22-,23+,24-,26-,27-,28+,29-,30-/m1/s1. The first-order valence-corrected chi connectivity index (χ1v) is 14.9. The van der Waals surface area contributed by atoms with Crippen LogP contribution in [0.25, 0.3) is 0 Å². The molecule has 2 aliphatic heterocycles. The molecule has 0 spiro atoms. The highest BCUT2D eigenvalue weighted by molar-refractivity contribution is 5.69. The molecule has 6 heteroatoms. The molecular formula is C30H48O6. The molecule has 11 atom stereocenters. The lowest BCUT2D eigenvalue weighted by Crippen LogP contribution is -2.67. The van der Waals surface area contributed by atoms with Gasteiger partial charge in [-0.1, -0.05) is 13.8 Å². The van der Waals surface area contributed by atoms with Crippen molar-refractivity contribution < 1.29 is 28.5 Å². The number of rotatable bonds is 5. The first-order valence-electron chi connectivity index (χ1n) is 14.9. The van der Waals surface area contributed by atoms with Crippen molar-refractivity contribution in [3.05, 3.63) is 0 Å². The summed E-state index contributed by atoms with van der Waals surface area (Å²) in [6, 6.07) is 0. The predicted molar refractivity (Wildman–Crippen MR) is 135 cm³/mol. The molecule has 0 aromatic carbocycles. The van der Waals surface area contributed by atoms with Crippen LogP contribution in [0, 0.1) is 40.4 Å². The number of hydrogen-bond acceptors (Lipinski definition) is 6. The van der Waals surface area contributed by atoms with Gasteiger partial charge in [0.2, 0.25) is 0 Å². The van der Waals surface area contributed by atoms with E-state index in [1.165, 1.54) is 58.5 Å². The van der Waals surface area contributed by atoms with Crippen molar-refractivity contribution in [3.63, 3.8) is 0 Å². The van der Waals surface area contributed by atoms with E-state index in [1.807, 2.05) is 0 Å². The molecule has 4 aliphatic carbocycles. The van der Waals surface area contributed by atoms with Crippen molar-refractivity contribution in [1.82, 2.24) is 0 Å². The van der Waals surface area contributed by atoms with Gasteiger partial charge in [0, 0.05) is 25.0 Å². The molecular weight excluding hydrogens is 456 g/mol. The zero-order valence-corrected chi connectivity index (χ0v) is 23.0. The van der Waals surface area contributed by atoms with Gasteiger partial charge >= 0.3 is 5.97 Å². The van der Waals surface area contributed by atoms with Gasteiger partial charge in [-0.2, -0.15) is 0 Å². The molecule has 2 bridgehead atoms. The van der Waals surface area contributed by atoms with Crippen molar-refractivity contribution in [2.75, 3.05) is 20.8 Å². The molecule has 0 radical (unpaired) electrons. The number of carbonyl (C=O) groups excluding carboxylic acids is 1. The van der Waals surface area contributed by atoms with Gasteiger partial charge in [0.15, 0.2) is 12.6 Å². The largest absolute Gasteiger partial charge is 0.469 e. The smallest absolute Gasteiger partial charge is 0.305 e. The normalized spacial score (nSPS) is 52.1. The maximum absolute atomic E-state index is 12.3. The summed E-state index contributed by atoms with van der Waals surface area (Å²) in [5, 5.41) is 0. The van der Waals surface area contributed by atoms with Crippen LogP contribution in [0.2, 0.25) is 0 Å². The second kappa shape index (κ2) is 9.50. The topological polar surface area (TPSA) is 63.2 Å². The summed E-state index contributed by atoms with van der Waals surface area (Å²) in [5.74, 6) is 2.41. The number of methoxy groups -OCH3 is 2. The van der Waals surface area contributed by atoms with Crippen LogP contribution in [0.15, 0.2) is 0 Å². The van der Waals surface area contributed by atoms with Gasteiger partial charge in [-0.3, -0.25) is 4.79 Å². The zero-order valence-electron chi connectivity index (χ0n) is 23.0. The van der Waals surface area contributed by atoms with Gasteiger partial charge in [-0.05, 0) is 106 Å². The molecule has 2 heterocycles. The van der Waals surface area contributed by atoms with Crippen LogP contribution in [-0.2, 0) is 28.5 Å². The minimum Gasteiger partial charge on any atom is -0.469 e. The SMILES string of the molecule is COC(=O)C[C@@H]1[C@H](OC)O[C@@]23CC[C@H]1[C@@]2(C)CC[C@H]1[C@H]3CC[C@@H]2C[C@H](O[C@@H]3CCCCO3)CC[C@@]21C. The molecule has 0 unspecified atom stereocenters. The molecule has 0 N–H and O–H groups in total. The Labute approximate surface area is 217 Å². The number of ether oxygens (including phenoxy) is 5. The molecule has 6 fully saturated rings. The Morgan fingerprint density at radius 2 is 1.75 bits per heavy atom. The van der Waals surface area contributed by atoms with Gasteiger partial charge in [0.25, 0.3) is 0 Å². The summed E-state index contributed by atoms with van der Waals surface area (Å²) in [4.78, 5) is 12.3. The Hall–Kier alpha value is -0.690. The van der Waals surface area contributed by atoms with E-state index in [9.17, 15) is 4.79 Å². The second-order valence-corrected chi connectivity index (χ2v) is 13.5. The minimum atomic E-state index is -0.311. The van der Waals surface area contributed by atoms with E-state index in [4.69, 9.17) is 23.7 Å². The first kappa shape index (κ1) is 25.6. The third-order valence-electron chi connectivity index (χ3n) is 12.4. The van der Waals surface area contributed by atoms with E-state index in [1.54, 1.807) is 7.11 Å². The third-order valence-corrected chi connectivity index (χ3v) is 12.4. The fraction of sp³-hybridized carbons (Fsp3) is 0.967. The van der Waals surface area contributed by atoms with E-state index in [0.717, 1.165) is 38.2 Å². The quantitative estimate of drug-likeness (QED) is 0.345. The summed E-state index contributed by atoms with van der Waals surface area (Å²) in [5.41, 5.74) is 0.355. The van der Waals surface area contributed by atoms with Crippen LogP contribution in [0.5, 0.6) is 0 Å². The molecule has 0 amide bonds. The van der Waals surface area contributed by atoms with Crippen molar-refractivity contribution in [3.8, 4) is 0 Å². The molecule has 36 heavy (non-hydrogen) atoms. The molecule has 0 aromatic heterocycles. The number of carbonyl (C=O) groups is 1. The highest BCUT2D eigenvalue weighted by Crippen LogP contribution is 2.73. The Bertz CT molecular complexity index is 826. The summed E-state index contributed by atoms with van der Waals surface area (Å²) >= 11 is 0. The lowest BCUT2D eigenvalue weighted by atomic mass is 9.42. The highest BCUT2D eigenvalue weighted by Gasteiger charge is 2.72.